The summed E-state index contributed by atoms with van der Waals surface area (Å²) in [6.07, 6.45) is 4.99. The van der Waals surface area contributed by atoms with E-state index in [9.17, 15) is 0 Å². The first-order valence-corrected chi connectivity index (χ1v) is 5.96. The highest BCUT2D eigenvalue weighted by atomic mass is 35.5. The molecule has 0 radical (unpaired) electrons. The van der Waals surface area contributed by atoms with Crippen LogP contribution in [0.5, 0.6) is 0 Å². The molecule has 0 heterocycles. The lowest BCUT2D eigenvalue weighted by Crippen LogP contribution is -2.33. The van der Waals surface area contributed by atoms with Gasteiger partial charge in [-0.15, -0.1) is 11.6 Å². The van der Waals surface area contributed by atoms with Crippen LogP contribution in [0.1, 0.15) is 24.8 Å². The van der Waals surface area contributed by atoms with Crippen LogP contribution in [-0.2, 0) is 6.42 Å². The minimum atomic E-state index is 0.384. The van der Waals surface area contributed by atoms with E-state index >= 15 is 0 Å². The fourth-order valence-electron chi connectivity index (χ4n) is 2.07. The molecule has 0 aliphatic heterocycles. The maximum atomic E-state index is 6.02. The van der Waals surface area contributed by atoms with E-state index in [0.717, 1.165) is 17.3 Å². The molecule has 2 heteroatoms. The highest BCUT2D eigenvalue weighted by molar-refractivity contribution is 6.30. The molecule has 0 aromatic heterocycles. The standard InChI is InChI=1S/C12H14Cl2/c13-9-12(6-1-7-12)8-10-2-4-11(14)5-3-10/h2-5H,1,6-9H2. The molecule has 1 aliphatic rings. The van der Waals surface area contributed by atoms with E-state index in [2.05, 4.69) is 12.1 Å². The van der Waals surface area contributed by atoms with E-state index in [0.29, 0.717) is 5.41 Å². The Morgan fingerprint density at radius 2 is 1.79 bits per heavy atom. The van der Waals surface area contributed by atoms with Crippen molar-refractivity contribution in [3.63, 3.8) is 0 Å². The second kappa shape index (κ2) is 4.12. The summed E-state index contributed by atoms with van der Waals surface area (Å²) in [5.41, 5.74) is 1.74. The summed E-state index contributed by atoms with van der Waals surface area (Å²) in [4.78, 5) is 0. The van der Waals surface area contributed by atoms with Gasteiger partial charge in [-0.3, -0.25) is 0 Å². The molecular formula is C12H14Cl2. The smallest absolute Gasteiger partial charge is 0.0406 e. The third-order valence-corrected chi connectivity index (χ3v) is 4.01. The summed E-state index contributed by atoms with van der Waals surface area (Å²) in [5.74, 6) is 0.787. The van der Waals surface area contributed by atoms with Gasteiger partial charge in [-0.25, -0.2) is 0 Å². The quantitative estimate of drug-likeness (QED) is 0.678. The van der Waals surface area contributed by atoms with Crippen LogP contribution in [0, 0.1) is 5.41 Å². The maximum Gasteiger partial charge on any atom is 0.0406 e. The third kappa shape index (κ3) is 2.07. The lowest BCUT2D eigenvalue weighted by Gasteiger charge is -2.40. The highest BCUT2D eigenvalue weighted by Gasteiger charge is 2.35. The average Bonchev–Trinajstić information content (AvgIpc) is 2.15. The summed E-state index contributed by atoms with van der Waals surface area (Å²) < 4.78 is 0. The summed E-state index contributed by atoms with van der Waals surface area (Å²) in [6, 6.07) is 8.12. The normalized spacial score (nSPS) is 19.0. The molecule has 0 spiro atoms. The van der Waals surface area contributed by atoms with E-state index in [1.165, 1.54) is 24.8 Å². The Labute approximate surface area is 95.2 Å². The van der Waals surface area contributed by atoms with Gasteiger partial charge in [-0.2, -0.15) is 0 Å². The van der Waals surface area contributed by atoms with Crippen LogP contribution in [-0.4, -0.2) is 5.88 Å². The number of hydrogen-bond acceptors (Lipinski definition) is 0. The summed E-state index contributed by atoms with van der Waals surface area (Å²) in [5, 5.41) is 0.808. The SMILES string of the molecule is ClCC1(Cc2ccc(Cl)cc2)CCC1. The molecule has 1 aliphatic carbocycles. The van der Waals surface area contributed by atoms with Crippen molar-refractivity contribution in [2.24, 2.45) is 5.41 Å². The monoisotopic (exact) mass is 228 g/mol. The molecule has 0 N–H and O–H groups in total. The molecule has 1 saturated carbocycles. The van der Waals surface area contributed by atoms with Gasteiger partial charge < -0.3 is 0 Å². The predicted octanol–water partition coefficient (Wildman–Crippen LogP) is 4.29. The molecule has 76 valence electrons. The number of hydrogen-bond donors (Lipinski definition) is 0. The van der Waals surface area contributed by atoms with Crippen molar-refractivity contribution in [3.05, 3.63) is 34.9 Å². The van der Waals surface area contributed by atoms with Crippen LogP contribution in [0.4, 0.5) is 0 Å². The minimum absolute atomic E-state index is 0.384. The van der Waals surface area contributed by atoms with E-state index in [4.69, 9.17) is 23.2 Å². The summed E-state index contributed by atoms with van der Waals surface area (Å²) in [7, 11) is 0. The molecule has 0 nitrogen and oxygen atoms in total. The van der Waals surface area contributed by atoms with Crippen LogP contribution in [0.15, 0.2) is 24.3 Å². The lowest BCUT2D eigenvalue weighted by atomic mass is 9.67. The lowest BCUT2D eigenvalue weighted by molar-refractivity contribution is 0.166. The van der Waals surface area contributed by atoms with Crippen molar-refractivity contribution in [1.82, 2.24) is 0 Å². The fourth-order valence-corrected chi connectivity index (χ4v) is 2.56. The molecule has 0 atom stereocenters. The Hall–Kier alpha value is -0.200. The van der Waals surface area contributed by atoms with Gasteiger partial charge in [0.2, 0.25) is 0 Å². The summed E-state index contributed by atoms with van der Waals surface area (Å²) >= 11 is 11.9. The zero-order valence-corrected chi connectivity index (χ0v) is 9.61. The molecular weight excluding hydrogens is 215 g/mol. The van der Waals surface area contributed by atoms with Crippen LogP contribution in [0.3, 0.4) is 0 Å². The largest absolute Gasteiger partial charge is 0.126 e. The van der Waals surface area contributed by atoms with Gasteiger partial charge in [0.05, 0.1) is 0 Å². The first-order chi connectivity index (χ1) is 6.74. The molecule has 14 heavy (non-hydrogen) atoms. The minimum Gasteiger partial charge on any atom is -0.126 e. The van der Waals surface area contributed by atoms with Crippen LogP contribution in [0.2, 0.25) is 5.02 Å². The first-order valence-electron chi connectivity index (χ1n) is 5.05. The Morgan fingerprint density at radius 1 is 1.14 bits per heavy atom. The Morgan fingerprint density at radius 3 is 2.21 bits per heavy atom. The van der Waals surface area contributed by atoms with E-state index in [1.807, 2.05) is 12.1 Å². The Bertz CT molecular complexity index is 293. The summed E-state index contributed by atoms with van der Waals surface area (Å²) in [6.45, 7) is 0. The predicted molar refractivity (Wildman–Crippen MR) is 62.2 cm³/mol. The number of benzene rings is 1. The number of alkyl halides is 1. The zero-order valence-electron chi connectivity index (χ0n) is 8.10. The third-order valence-electron chi connectivity index (χ3n) is 3.19. The van der Waals surface area contributed by atoms with Gasteiger partial charge in [-0.1, -0.05) is 30.2 Å². The maximum absolute atomic E-state index is 6.02. The second-order valence-corrected chi connectivity index (χ2v) is 4.99. The van der Waals surface area contributed by atoms with E-state index in [-0.39, 0.29) is 0 Å². The van der Waals surface area contributed by atoms with Crippen molar-refractivity contribution < 1.29 is 0 Å². The molecule has 0 amide bonds. The van der Waals surface area contributed by atoms with Gasteiger partial charge in [0.25, 0.3) is 0 Å². The molecule has 0 unspecified atom stereocenters. The highest BCUT2D eigenvalue weighted by Crippen LogP contribution is 2.44. The van der Waals surface area contributed by atoms with Gasteiger partial charge in [0.15, 0.2) is 0 Å². The fraction of sp³-hybridized carbons (Fsp3) is 0.500. The molecule has 0 saturated heterocycles. The molecule has 2 rings (SSSR count). The van der Waals surface area contributed by atoms with Gasteiger partial charge in [0.1, 0.15) is 0 Å². The van der Waals surface area contributed by atoms with Crippen molar-refractivity contribution in [2.75, 3.05) is 5.88 Å². The van der Waals surface area contributed by atoms with Gasteiger partial charge in [-0.05, 0) is 42.4 Å². The Kier molecular flexibility index (Phi) is 3.04. The number of halogens is 2. The first kappa shape index (κ1) is 10.3. The van der Waals surface area contributed by atoms with Crippen molar-refractivity contribution in [3.8, 4) is 0 Å². The van der Waals surface area contributed by atoms with Crippen LogP contribution >= 0.6 is 23.2 Å². The second-order valence-electron chi connectivity index (χ2n) is 4.29. The zero-order chi connectivity index (χ0) is 10.0. The van der Waals surface area contributed by atoms with Gasteiger partial charge >= 0.3 is 0 Å². The average molecular weight is 229 g/mol. The molecule has 0 bridgehead atoms. The molecule has 1 fully saturated rings. The molecule has 1 aromatic rings. The molecule has 1 aromatic carbocycles. The number of rotatable bonds is 3. The van der Waals surface area contributed by atoms with Crippen molar-refractivity contribution >= 4 is 23.2 Å². The Balaban J connectivity index is 2.06. The van der Waals surface area contributed by atoms with Gasteiger partial charge in [0, 0.05) is 10.9 Å². The topological polar surface area (TPSA) is 0 Å². The van der Waals surface area contributed by atoms with Crippen LogP contribution in [0.25, 0.3) is 0 Å². The van der Waals surface area contributed by atoms with E-state index in [1.54, 1.807) is 0 Å². The van der Waals surface area contributed by atoms with Crippen LogP contribution < -0.4 is 0 Å². The van der Waals surface area contributed by atoms with E-state index < -0.39 is 0 Å². The van der Waals surface area contributed by atoms with Crippen molar-refractivity contribution in [1.29, 1.82) is 0 Å². The van der Waals surface area contributed by atoms with Crippen molar-refractivity contribution in [2.45, 2.75) is 25.7 Å².